The molecule has 3 aliphatic rings. The number of halogens is 4. The van der Waals surface area contributed by atoms with Crippen LogP contribution in [0.1, 0.15) is 44.9 Å². The van der Waals surface area contributed by atoms with Crippen LogP contribution in [0, 0.1) is 17.0 Å². The quantitative estimate of drug-likeness (QED) is 0.243. The van der Waals surface area contributed by atoms with Crippen LogP contribution < -0.4 is 20.5 Å². The van der Waals surface area contributed by atoms with Gasteiger partial charge in [0, 0.05) is 17.5 Å². The highest BCUT2D eigenvalue weighted by molar-refractivity contribution is 6.31. The van der Waals surface area contributed by atoms with Crippen molar-refractivity contribution in [2.45, 2.75) is 56.6 Å². The number of carbonyl (C=O) groups is 4. The Balaban J connectivity index is 0.00000155. The van der Waals surface area contributed by atoms with E-state index < -0.39 is 53.1 Å². The number of hydrogen-bond acceptors (Lipinski definition) is 7. The first-order valence-corrected chi connectivity index (χ1v) is 13.7. The molecule has 3 aliphatic carbocycles. The largest absolute Gasteiger partial charge is 0.493 e. The van der Waals surface area contributed by atoms with Crippen molar-refractivity contribution in [1.82, 2.24) is 5.32 Å². The second-order valence-electron chi connectivity index (χ2n) is 10.1. The molecule has 42 heavy (non-hydrogen) atoms. The Morgan fingerprint density at radius 3 is 2.05 bits per heavy atom. The minimum Gasteiger partial charge on any atom is -0.493 e. The van der Waals surface area contributed by atoms with Gasteiger partial charge < -0.3 is 30.4 Å². The van der Waals surface area contributed by atoms with E-state index in [2.05, 4.69) is 11.1 Å². The molecule has 3 fully saturated rings. The topological polar surface area (TPSA) is 154 Å². The van der Waals surface area contributed by atoms with Crippen molar-refractivity contribution in [2.75, 3.05) is 13.2 Å². The average Bonchev–Trinajstić information content (AvgIpc) is 2.95. The maximum Gasteiger partial charge on any atom is 0.306 e. The number of esters is 1. The molecule has 2 amide bonds. The lowest BCUT2D eigenvalue weighted by Gasteiger charge is -2.56. The number of primary amides is 1. The fourth-order valence-electron chi connectivity index (χ4n) is 5.16. The molecule has 2 bridgehead atoms. The highest BCUT2D eigenvalue weighted by Crippen LogP contribution is 2.53. The minimum absolute atomic E-state index is 0.0186. The second kappa shape index (κ2) is 14.5. The molecule has 0 saturated heterocycles. The van der Waals surface area contributed by atoms with E-state index in [1.807, 2.05) is 0 Å². The lowest BCUT2D eigenvalue weighted by molar-refractivity contribution is -0.173. The van der Waals surface area contributed by atoms with Gasteiger partial charge in [0.1, 0.15) is 29.2 Å². The number of aliphatic carboxylic acids is 1. The van der Waals surface area contributed by atoms with Crippen LogP contribution in [0.2, 0.25) is 10.0 Å². The third-order valence-corrected chi connectivity index (χ3v) is 7.95. The first-order chi connectivity index (χ1) is 19.9. The standard InChI is InChI=1S/C27H27Cl2F2NO7.CH3NO/c28-18-3-1-16(11-20(18)30)37-14-23(33)32-27-9-7-26(8-10-27,13-22(27)39-25(36)6-5-24(34)35)15-38-17-2-4-19(29)21(31)12-17;2-1-3/h1-4,11-12,22H,5-10,13-15H2,(H,32,33)(H,34,35);1H,(H2,2,3). The molecule has 2 aromatic carbocycles. The molecule has 228 valence electrons. The third kappa shape index (κ3) is 8.68. The van der Waals surface area contributed by atoms with Crippen molar-refractivity contribution in [3.63, 3.8) is 0 Å². The second-order valence-corrected chi connectivity index (χ2v) is 11.0. The number of amides is 2. The van der Waals surface area contributed by atoms with Gasteiger partial charge >= 0.3 is 11.9 Å². The zero-order valence-corrected chi connectivity index (χ0v) is 23.9. The van der Waals surface area contributed by atoms with Crippen molar-refractivity contribution in [2.24, 2.45) is 11.1 Å². The van der Waals surface area contributed by atoms with Gasteiger partial charge in [0.05, 0.1) is 35.0 Å². The number of carboxylic acid groups (broad SMARTS) is 1. The molecule has 0 radical (unpaired) electrons. The lowest BCUT2D eigenvalue weighted by Crippen LogP contribution is -2.66. The summed E-state index contributed by atoms with van der Waals surface area (Å²) in [5, 5.41) is 11.8. The summed E-state index contributed by atoms with van der Waals surface area (Å²) >= 11 is 11.4. The van der Waals surface area contributed by atoms with E-state index in [1.165, 1.54) is 24.3 Å². The highest BCUT2D eigenvalue weighted by Gasteiger charge is 2.57. The van der Waals surface area contributed by atoms with Crippen LogP contribution in [0.4, 0.5) is 8.78 Å². The van der Waals surface area contributed by atoms with Crippen molar-refractivity contribution in [3.8, 4) is 11.5 Å². The molecule has 2 aromatic rings. The van der Waals surface area contributed by atoms with Crippen LogP contribution in [0.25, 0.3) is 0 Å². The summed E-state index contributed by atoms with van der Waals surface area (Å²) in [6.07, 6.45) is 1.36. The SMILES string of the molecule is NC=O.O=C(O)CCC(=O)OC1CC2(COc3ccc(Cl)c(F)c3)CCC1(NC(=O)COc1ccc(Cl)c(F)c1)CC2. The van der Waals surface area contributed by atoms with Gasteiger partial charge in [0.25, 0.3) is 5.91 Å². The molecule has 0 aliphatic heterocycles. The van der Waals surface area contributed by atoms with Gasteiger partial charge in [-0.3, -0.25) is 19.2 Å². The Hall–Kier alpha value is -3.64. The fraction of sp³-hybridized carbons (Fsp3) is 0.429. The summed E-state index contributed by atoms with van der Waals surface area (Å²) in [6.45, 7) is -0.175. The molecule has 4 N–H and O–H groups in total. The van der Waals surface area contributed by atoms with Crippen molar-refractivity contribution in [3.05, 3.63) is 58.1 Å². The monoisotopic (exact) mass is 630 g/mol. The van der Waals surface area contributed by atoms with E-state index in [0.29, 0.717) is 37.9 Å². The number of nitrogens with two attached hydrogens (primary N) is 1. The Labute approximate surface area is 250 Å². The maximum atomic E-state index is 13.9. The fourth-order valence-corrected chi connectivity index (χ4v) is 5.40. The Morgan fingerprint density at radius 2 is 1.52 bits per heavy atom. The smallest absolute Gasteiger partial charge is 0.306 e. The Bertz CT molecular complexity index is 1300. The molecule has 0 aromatic heterocycles. The number of carboxylic acids is 1. The van der Waals surface area contributed by atoms with Gasteiger partial charge in [0.15, 0.2) is 6.61 Å². The average molecular weight is 631 g/mol. The molecule has 1 unspecified atom stereocenters. The van der Waals surface area contributed by atoms with E-state index in [9.17, 15) is 23.2 Å². The summed E-state index contributed by atoms with van der Waals surface area (Å²) in [4.78, 5) is 44.9. The molecule has 1 atom stereocenters. The number of carbonyl (C=O) groups excluding carboxylic acids is 3. The van der Waals surface area contributed by atoms with Crippen molar-refractivity contribution >= 4 is 47.5 Å². The van der Waals surface area contributed by atoms with Crippen molar-refractivity contribution < 1.29 is 47.3 Å². The molecule has 5 rings (SSSR count). The number of hydrogen-bond donors (Lipinski definition) is 3. The normalized spacial score (nSPS) is 22.2. The summed E-state index contributed by atoms with van der Waals surface area (Å²) in [7, 11) is 0. The lowest BCUT2D eigenvalue weighted by atomic mass is 9.56. The predicted octanol–water partition coefficient (Wildman–Crippen LogP) is 4.43. The number of fused-ring (bicyclic) bond motifs is 3. The van der Waals surface area contributed by atoms with Crippen LogP contribution in [0.15, 0.2) is 36.4 Å². The van der Waals surface area contributed by atoms with Gasteiger partial charge in [-0.1, -0.05) is 23.2 Å². The zero-order valence-electron chi connectivity index (χ0n) is 22.4. The molecule has 10 nitrogen and oxygen atoms in total. The molecule has 14 heteroatoms. The van der Waals surface area contributed by atoms with Crippen LogP contribution in [-0.2, 0) is 23.9 Å². The van der Waals surface area contributed by atoms with Gasteiger partial charge in [-0.05, 0) is 56.4 Å². The number of rotatable bonds is 11. The summed E-state index contributed by atoms with van der Waals surface area (Å²) in [5.41, 5.74) is 2.87. The van der Waals surface area contributed by atoms with Crippen LogP contribution in [0.5, 0.6) is 11.5 Å². The number of nitrogens with one attached hydrogen (secondary N) is 1. The zero-order chi connectivity index (χ0) is 30.9. The molecule has 0 spiro atoms. The molecular formula is C28H30Cl2F2N2O8. The van der Waals surface area contributed by atoms with Gasteiger partial charge in [0.2, 0.25) is 6.41 Å². The van der Waals surface area contributed by atoms with Crippen LogP contribution in [0.3, 0.4) is 0 Å². The Morgan fingerprint density at radius 1 is 0.976 bits per heavy atom. The minimum atomic E-state index is -1.13. The highest BCUT2D eigenvalue weighted by atomic mass is 35.5. The van der Waals surface area contributed by atoms with Gasteiger partial charge in [-0.15, -0.1) is 0 Å². The van der Waals surface area contributed by atoms with E-state index in [4.69, 9.17) is 47.3 Å². The van der Waals surface area contributed by atoms with E-state index in [1.54, 1.807) is 6.07 Å². The first-order valence-electron chi connectivity index (χ1n) is 12.9. The van der Waals surface area contributed by atoms with Gasteiger partial charge in [-0.2, -0.15) is 0 Å². The van der Waals surface area contributed by atoms with E-state index in [0.717, 1.165) is 6.07 Å². The first kappa shape index (κ1) is 32.9. The molecule has 3 saturated carbocycles. The number of benzene rings is 2. The summed E-state index contributed by atoms with van der Waals surface area (Å²) in [6, 6.07) is 7.99. The summed E-state index contributed by atoms with van der Waals surface area (Å²) in [5.74, 6) is -3.14. The third-order valence-electron chi connectivity index (χ3n) is 7.34. The maximum absolute atomic E-state index is 13.9. The van der Waals surface area contributed by atoms with Crippen LogP contribution in [-0.4, -0.2) is 54.2 Å². The number of ether oxygens (including phenoxy) is 3. The summed E-state index contributed by atoms with van der Waals surface area (Å²) < 4.78 is 44.6. The van der Waals surface area contributed by atoms with Gasteiger partial charge in [-0.25, -0.2) is 8.78 Å². The van der Waals surface area contributed by atoms with E-state index in [-0.39, 0.29) is 41.7 Å². The van der Waals surface area contributed by atoms with Crippen LogP contribution >= 0.6 is 23.2 Å². The molecule has 0 heterocycles. The van der Waals surface area contributed by atoms with Crippen molar-refractivity contribution in [1.29, 1.82) is 0 Å². The predicted molar refractivity (Wildman–Crippen MR) is 147 cm³/mol. The Kier molecular flexibility index (Phi) is 11.3. The molecular weight excluding hydrogens is 601 g/mol. The van der Waals surface area contributed by atoms with E-state index >= 15 is 0 Å².